The van der Waals surface area contributed by atoms with Gasteiger partial charge in [0.2, 0.25) is 5.91 Å². The van der Waals surface area contributed by atoms with Crippen molar-refractivity contribution in [3.63, 3.8) is 0 Å². The summed E-state index contributed by atoms with van der Waals surface area (Å²) in [7, 11) is 0. The molecule has 0 aromatic carbocycles. The second kappa shape index (κ2) is 6.70. The monoisotopic (exact) mass is 335 g/mol. The highest BCUT2D eigenvalue weighted by Crippen LogP contribution is 2.11. The summed E-state index contributed by atoms with van der Waals surface area (Å²) in [6.45, 7) is 4.99. The molecule has 1 aliphatic rings. The van der Waals surface area contributed by atoms with Crippen LogP contribution in [0.5, 0.6) is 0 Å². The first-order valence-electron chi connectivity index (χ1n) is 7.94. The third kappa shape index (κ3) is 3.17. The average molecular weight is 335 g/mol. The smallest absolute Gasteiger partial charge is 0.264 e. The van der Waals surface area contributed by atoms with Crippen LogP contribution in [-0.2, 0) is 22.6 Å². The van der Waals surface area contributed by atoms with Gasteiger partial charge in [0.1, 0.15) is 18.3 Å². The number of aromatic nitrogens is 4. The molecule has 0 spiro atoms. The van der Waals surface area contributed by atoms with Crippen LogP contribution in [0, 0.1) is 0 Å². The lowest BCUT2D eigenvalue weighted by molar-refractivity contribution is -0.143. The zero-order valence-corrected chi connectivity index (χ0v) is 13.8. The number of carbonyl (C=O) groups is 1. The SMILES string of the molecule is C[C@H]1CN(C(=O)Cn2cnc3c(cnn3CCO)c2=O)C[C@H](C)O1. The molecule has 1 amide bonds. The van der Waals surface area contributed by atoms with E-state index in [1.807, 2.05) is 13.8 Å². The summed E-state index contributed by atoms with van der Waals surface area (Å²) in [5.74, 6) is -0.136. The Morgan fingerprint density at radius 3 is 2.75 bits per heavy atom. The maximum absolute atomic E-state index is 12.5. The predicted molar refractivity (Wildman–Crippen MR) is 85.5 cm³/mol. The maximum atomic E-state index is 12.5. The van der Waals surface area contributed by atoms with Crippen molar-refractivity contribution in [2.75, 3.05) is 19.7 Å². The van der Waals surface area contributed by atoms with E-state index in [0.717, 1.165) is 0 Å². The number of ether oxygens (including phenoxy) is 1. The van der Waals surface area contributed by atoms with E-state index < -0.39 is 0 Å². The molecule has 1 saturated heterocycles. The topological polar surface area (TPSA) is 102 Å². The number of nitrogens with zero attached hydrogens (tertiary/aromatic N) is 5. The first-order valence-corrected chi connectivity index (χ1v) is 7.94. The number of hydrogen-bond acceptors (Lipinski definition) is 6. The van der Waals surface area contributed by atoms with Gasteiger partial charge in [0.15, 0.2) is 5.65 Å². The van der Waals surface area contributed by atoms with Gasteiger partial charge in [-0.15, -0.1) is 0 Å². The molecule has 130 valence electrons. The minimum absolute atomic E-state index is 0.0215. The Morgan fingerprint density at radius 2 is 2.08 bits per heavy atom. The van der Waals surface area contributed by atoms with Gasteiger partial charge in [0, 0.05) is 13.1 Å². The van der Waals surface area contributed by atoms with Crippen molar-refractivity contribution in [2.45, 2.75) is 39.1 Å². The number of hydrogen-bond donors (Lipinski definition) is 1. The zero-order valence-electron chi connectivity index (χ0n) is 13.8. The van der Waals surface area contributed by atoms with Gasteiger partial charge in [0.05, 0.1) is 31.6 Å². The summed E-state index contributed by atoms with van der Waals surface area (Å²) in [4.78, 5) is 30.9. The van der Waals surface area contributed by atoms with Crippen molar-refractivity contribution >= 4 is 16.9 Å². The molecule has 9 nitrogen and oxygen atoms in total. The lowest BCUT2D eigenvalue weighted by atomic mass is 10.2. The quantitative estimate of drug-likeness (QED) is 0.786. The molecular formula is C15H21N5O4. The molecule has 1 fully saturated rings. The fraction of sp³-hybridized carbons (Fsp3) is 0.600. The van der Waals surface area contributed by atoms with Crippen LogP contribution in [-0.4, -0.2) is 67.1 Å². The Hall–Kier alpha value is -2.26. The largest absolute Gasteiger partial charge is 0.394 e. The van der Waals surface area contributed by atoms with E-state index in [2.05, 4.69) is 10.1 Å². The Balaban J connectivity index is 1.81. The van der Waals surface area contributed by atoms with Gasteiger partial charge in [-0.25, -0.2) is 9.67 Å². The van der Waals surface area contributed by atoms with E-state index in [1.165, 1.54) is 21.8 Å². The molecule has 0 bridgehead atoms. The maximum Gasteiger partial charge on any atom is 0.264 e. The van der Waals surface area contributed by atoms with Crippen LogP contribution in [0.1, 0.15) is 13.8 Å². The van der Waals surface area contributed by atoms with E-state index in [0.29, 0.717) is 24.1 Å². The number of amides is 1. The molecule has 3 rings (SSSR count). The summed E-state index contributed by atoms with van der Waals surface area (Å²) in [5, 5.41) is 13.4. The van der Waals surface area contributed by atoms with Crippen molar-refractivity contribution < 1.29 is 14.6 Å². The van der Waals surface area contributed by atoms with Gasteiger partial charge in [-0.2, -0.15) is 5.10 Å². The molecule has 0 radical (unpaired) electrons. The number of fused-ring (bicyclic) bond motifs is 1. The van der Waals surface area contributed by atoms with Crippen LogP contribution in [0.25, 0.3) is 11.0 Å². The van der Waals surface area contributed by atoms with Gasteiger partial charge in [-0.3, -0.25) is 14.2 Å². The van der Waals surface area contributed by atoms with Gasteiger partial charge in [-0.05, 0) is 13.8 Å². The van der Waals surface area contributed by atoms with Crippen molar-refractivity contribution in [2.24, 2.45) is 0 Å². The van der Waals surface area contributed by atoms with Gasteiger partial charge in [-0.1, -0.05) is 0 Å². The van der Waals surface area contributed by atoms with Crippen molar-refractivity contribution in [3.8, 4) is 0 Å². The number of carbonyl (C=O) groups excluding carboxylic acids is 1. The highest BCUT2D eigenvalue weighted by atomic mass is 16.5. The second-order valence-corrected chi connectivity index (χ2v) is 6.06. The Kier molecular flexibility index (Phi) is 4.63. The van der Waals surface area contributed by atoms with E-state index in [9.17, 15) is 9.59 Å². The highest BCUT2D eigenvalue weighted by molar-refractivity contribution is 5.77. The third-order valence-electron chi connectivity index (χ3n) is 4.01. The van der Waals surface area contributed by atoms with E-state index >= 15 is 0 Å². The van der Waals surface area contributed by atoms with Crippen molar-refractivity contribution in [3.05, 3.63) is 22.9 Å². The Labute approximate surface area is 138 Å². The summed E-state index contributed by atoms with van der Waals surface area (Å²) in [5.41, 5.74) is 0.0956. The molecule has 1 aliphatic heterocycles. The first kappa shape index (κ1) is 16.6. The summed E-state index contributed by atoms with van der Waals surface area (Å²) in [6.07, 6.45) is 2.73. The molecule has 2 aromatic heterocycles. The summed E-state index contributed by atoms with van der Waals surface area (Å²) >= 11 is 0. The molecule has 24 heavy (non-hydrogen) atoms. The number of rotatable bonds is 4. The number of aliphatic hydroxyl groups excluding tert-OH is 1. The summed E-state index contributed by atoms with van der Waals surface area (Å²) in [6, 6.07) is 0. The van der Waals surface area contributed by atoms with Crippen LogP contribution in [0.3, 0.4) is 0 Å². The number of morpholine rings is 1. The van der Waals surface area contributed by atoms with E-state index in [-0.39, 0.29) is 43.4 Å². The molecule has 9 heteroatoms. The normalized spacial score (nSPS) is 21.4. The van der Waals surface area contributed by atoms with E-state index in [4.69, 9.17) is 9.84 Å². The summed E-state index contributed by atoms with van der Waals surface area (Å²) < 4.78 is 8.38. The molecule has 2 aromatic rings. The van der Waals surface area contributed by atoms with Gasteiger partial charge in [0.25, 0.3) is 5.56 Å². The lowest BCUT2D eigenvalue weighted by Crippen LogP contribution is -2.49. The average Bonchev–Trinajstić information content (AvgIpc) is 2.93. The minimum atomic E-state index is -0.313. The van der Waals surface area contributed by atoms with Crippen LogP contribution in [0.2, 0.25) is 0 Å². The minimum Gasteiger partial charge on any atom is -0.394 e. The van der Waals surface area contributed by atoms with Crippen molar-refractivity contribution in [1.29, 1.82) is 0 Å². The fourth-order valence-electron chi connectivity index (χ4n) is 3.00. The molecule has 2 atom stereocenters. The van der Waals surface area contributed by atoms with E-state index in [1.54, 1.807) is 4.90 Å². The molecule has 0 aliphatic carbocycles. The van der Waals surface area contributed by atoms with Gasteiger partial charge < -0.3 is 14.7 Å². The van der Waals surface area contributed by atoms with Crippen LogP contribution >= 0.6 is 0 Å². The molecule has 0 unspecified atom stereocenters. The van der Waals surface area contributed by atoms with Gasteiger partial charge >= 0.3 is 0 Å². The molecule has 3 heterocycles. The highest BCUT2D eigenvalue weighted by Gasteiger charge is 2.26. The molecule has 1 N–H and O–H groups in total. The third-order valence-corrected chi connectivity index (χ3v) is 4.01. The fourth-order valence-corrected chi connectivity index (χ4v) is 3.00. The zero-order chi connectivity index (χ0) is 17.3. The lowest BCUT2D eigenvalue weighted by Gasteiger charge is -2.35. The van der Waals surface area contributed by atoms with Crippen LogP contribution in [0.15, 0.2) is 17.3 Å². The van der Waals surface area contributed by atoms with Crippen LogP contribution in [0.4, 0.5) is 0 Å². The predicted octanol–water partition coefficient (Wildman–Crippen LogP) is -0.779. The van der Waals surface area contributed by atoms with Crippen molar-refractivity contribution in [1.82, 2.24) is 24.2 Å². The van der Waals surface area contributed by atoms with Crippen LogP contribution < -0.4 is 5.56 Å². The standard InChI is InChI=1S/C15H21N5O4/c1-10-6-18(7-11(2)24-10)13(22)8-19-9-16-14-12(15(19)23)5-17-20(14)3-4-21/h5,9-11,21H,3-4,6-8H2,1-2H3/t10-,11-/m0/s1. The molecule has 0 saturated carbocycles. The molecular weight excluding hydrogens is 314 g/mol. The Bertz CT molecular complexity index is 789. The Morgan fingerprint density at radius 1 is 1.38 bits per heavy atom. The number of aliphatic hydroxyl groups is 1. The second-order valence-electron chi connectivity index (χ2n) is 6.06. The first-order chi connectivity index (χ1) is 11.5.